The molecule has 0 aliphatic rings. The van der Waals surface area contributed by atoms with Crippen molar-refractivity contribution in [1.29, 1.82) is 0 Å². The van der Waals surface area contributed by atoms with Crippen LogP contribution in [0.15, 0.2) is 18.2 Å². The summed E-state index contributed by atoms with van der Waals surface area (Å²) in [6, 6.07) is 5.72. The van der Waals surface area contributed by atoms with Crippen molar-refractivity contribution < 1.29 is 9.84 Å². The van der Waals surface area contributed by atoms with Gasteiger partial charge in [0.2, 0.25) is 0 Å². The minimum absolute atomic E-state index is 0.248. The number of hydrogen-bond donors (Lipinski definition) is 1. The molecule has 0 aliphatic heterocycles. The summed E-state index contributed by atoms with van der Waals surface area (Å²) in [5.74, 6) is 0. The van der Waals surface area contributed by atoms with Crippen molar-refractivity contribution >= 4 is 0 Å². The zero-order valence-corrected chi connectivity index (χ0v) is 10.5. The number of pyridine rings is 1. The van der Waals surface area contributed by atoms with Crippen LogP contribution < -0.4 is 0 Å². The molecule has 0 fully saturated rings. The van der Waals surface area contributed by atoms with Gasteiger partial charge in [0.15, 0.2) is 0 Å². The molecular weight excluding hydrogens is 202 g/mol. The van der Waals surface area contributed by atoms with Crippen LogP contribution in [0.5, 0.6) is 0 Å². The number of aliphatic hydroxyl groups is 1. The highest BCUT2D eigenvalue weighted by Gasteiger charge is 2.17. The molecule has 0 aliphatic carbocycles. The molecule has 0 unspecified atom stereocenters. The molecule has 3 heteroatoms. The minimum atomic E-state index is -0.880. The van der Waals surface area contributed by atoms with Crippen LogP contribution in [0.4, 0.5) is 0 Å². The summed E-state index contributed by atoms with van der Waals surface area (Å²) in [5, 5.41) is 9.83. The van der Waals surface area contributed by atoms with Crippen molar-refractivity contribution in [3.8, 4) is 0 Å². The van der Waals surface area contributed by atoms with Crippen LogP contribution in [-0.4, -0.2) is 22.8 Å². The summed E-state index contributed by atoms with van der Waals surface area (Å²) >= 11 is 0. The molecular formula is C13H21NO2. The lowest BCUT2D eigenvalue weighted by Crippen LogP contribution is -2.18. The zero-order chi connectivity index (χ0) is 12.2. The van der Waals surface area contributed by atoms with Crippen LogP contribution >= 0.6 is 0 Å². The predicted octanol–water partition coefficient (Wildman–Crippen LogP) is 2.28. The summed E-state index contributed by atoms with van der Waals surface area (Å²) in [5.41, 5.74) is 0.782. The van der Waals surface area contributed by atoms with Gasteiger partial charge >= 0.3 is 0 Å². The average Bonchev–Trinajstić information content (AvgIpc) is 2.16. The van der Waals surface area contributed by atoms with Gasteiger partial charge < -0.3 is 9.84 Å². The fourth-order valence-electron chi connectivity index (χ4n) is 1.36. The second-order valence-electron chi connectivity index (χ2n) is 4.74. The average molecular weight is 223 g/mol. The predicted molar refractivity (Wildman–Crippen MR) is 64.3 cm³/mol. The molecule has 16 heavy (non-hydrogen) atoms. The molecule has 1 heterocycles. The highest BCUT2D eigenvalue weighted by Crippen LogP contribution is 2.17. The molecule has 0 saturated carbocycles. The fourth-order valence-corrected chi connectivity index (χ4v) is 1.36. The molecule has 90 valence electrons. The van der Waals surface area contributed by atoms with Crippen LogP contribution in [-0.2, 0) is 16.8 Å². The molecule has 3 nitrogen and oxygen atoms in total. The van der Waals surface area contributed by atoms with Crippen LogP contribution in [0.25, 0.3) is 0 Å². The van der Waals surface area contributed by atoms with E-state index in [0.29, 0.717) is 12.3 Å². The molecule has 0 bridgehead atoms. The van der Waals surface area contributed by atoms with E-state index in [4.69, 9.17) is 4.74 Å². The lowest BCUT2D eigenvalue weighted by Gasteiger charge is -2.17. The van der Waals surface area contributed by atoms with Crippen molar-refractivity contribution in [3.63, 3.8) is 0 Å². The van der Waals surface area contributed by atoms with Gasteiger partial charge in [-0.05, 0) is 39.8 Å². The quantitative estimate of drug-likeness (QED) is 0.832. The van der Waals surface area contributed by atoms with E-state index < -0.39 is 5.60 Å². The Balaban J connectivity index is 2.61. The Kier molecular flexibility index (Phi) is 4.44. The Labute approximate surface area is 97.5 Å². The Morgan fingerprint density at radius 1 is 1.38 bits per heavy atom. The van der Waals surface area contributed by atoms with E-state index in [2.05, 4.69) is 4.98 Å². The van der Waals surface area contributed by atoms with E-state index in [1.165, 1.54) is 0 Å². The van der Waals surface area contributed by atoms with E-state index >= 15 is 0 Å². The maximum Gasteiger partial charge on any atom is 0.101 e. The number of nitrogens with zero attached hydrogens (tertiary/aromatic N) is 1. The summed E-state index contributed by atoms with van der Waals surface area (Å²) in [7, 11) is 0. The van der Waals surface area contributed by atoms with Gasteiger partial charge in [-0.1, -0.05) is 6.07 Å². The van der Waals surface area contributed by atoms with Gasteiger partial charge in [-0.15, -0.1) is 0 Å². The van der Waals surface area contributed by atoms with Crippen molar-refractivity contribution in [2.24, 2.45) is 0 Å². The van der Waals surface area contributed by atoms with E-state index in [0.717, 1.165) is 12.1 Å². The van der Waals surface area contributed by atoms with E-state index in [-0.39, 0.29) is 6.10 Å². The summed E-state index contributed by atoms with van der Waals surface area (Å²) in [6.45, 7) is 8.18. The largest absolute Gasteiger partial charge is 0.384 e. The monoisotopic (exact) mass is 223 g/mol. The molecule has 0 spiro atoms. The lowest BCUT2D eigenvalue weighted by atomic mass is 10.0. The summed E-state index contributed by atoms with van der Waals surface area (Å²) in [4.78, 5) is 4.41. The van der Waals surface area contributed by atoms with E-state index in [9.17, 15) is 5.11 Å². The molecule has 0 saturated heterocycles. The van der Waals surface area contributed by atoms with Gasteiger partial charge in [-0.25, -0.2) is 0 Å². The molecule has 0 amide bonds. The third-order valence-corrected chi connectivity index (χ3v) is 2.24. The van der Waals surface area contributed by atoms with Gasteiger partial charge in [-0.2, -0.15) is 0 Å². The summed E-state index contributed by atoms with van der Waals surface area (Å²) in [6.07, 6.45) is 1.03. The summed E-state index contributed by atoms with van der Waals surface area (Å²) < 4.78 is 5.47. The first kappa shape index (κ1) is 13.1. The molecule has 0 atom stereocenters. The Hall–Kier alpha value is -0.930. The smallest absolute Gasteiger partial charge is 0.101 e. The minimum Gasteiger partial charge on any atom is -0.384 e. The molecule has 0 aromatic carbocycles. The highest BCUT2D eigenvalue weighted by atomic mass is 16.5. The molecule has 1 N–H and O–H groups in total. The van der Waals surface area contributed by atoms with Gasteiger partial charge in [0.1, 0.15) is 5.60 Å². The first-order chi connectivity index (χ1) is 7.39. The standard InChI is InChI=1S/C13H21NO2/c1-10(2)16-9-8-11-6-5-7-12(14-11)13(3,4)15/h5-7,10,15H,8-9H2,1-4H3. The van der Waals surface area contributed by atoms with Gasteiger partial charge in [0.05, 0.1) is 18.4 Å². The Bertz CT molecular complexity index is 329. The van der Waals surface area contributed by atoms with Crippen molar-refractivity contribution in [2.45, 2.75) is 45.8 Å². The first-order valence-electron chi connectivity index (χ1n) is 5.70. The van der Waals surface area contributed by atoms with Crippen LogP contribution in [0.1, 0.15) is 39.1 Å². The van der Waals surface area contributed by atoms with Crippen LogP contribution in [0, 0.1) is 0 Å². The van der Waals surface area contributed by atoms with Gasteiger partial charge in [-0.3, -0.25) is 4.98 Å². The maximum absolute atomic E-state index is 9.83. The lowest BCUT2D eigenvalue weighted by molar-refractivity contribution is 0.0718. The molecule has 1 aromatic rings. The third kappa shape index (κ3) is 4.29. The second-order valence-corrected chi connectivity index (χ2v) is 4.74. The fraction of sp³-hybridized carbons (Fsp3) is 0.615. The number of hydrogen-bond acceptors (Lipinski definition) is 3. The highest BCUT2D eigenvalue weighted by molar-refractivity contribution is 5.15. The van der Waals surface area contributed by atoms with Crippen molar-refractivity contribution in [3.05, 3.63) is 29.6 Å². The van der Waals surface area contributed by atoms with Crippen LogP contribution in [0.3, 0.4) is 0 Å². The Morgan fingerprint density at radius 2 is 2.06 bits per heavy atom. The maximum atomic E-state index is 9.83. The third-order valence-electron chi connectivity index (χ3n) is 2.24. The van der Waals surface area contributed by atoms with Gasteiger partial charge in [0, 0.05) is 12.1 Å². The molecule has 1 aromatic heterocycles. The van der Waals surface area contributed by atoms with E-state index in [1.807, 2.05) is 32.0 Å². The Morgan fingerprint density at radius 3 is 2.62 bits per heavy atom. The second kappa shape index (κ2) is 5.41. The zero-order valence-electron chi connectivity index (χ0n) is 10.5. The van der Waals surface area contributed by atoms with E-state index in [1.54, 1.807) is 13.8 Å². The van der Waals surface area contributed by atoms with Gasteiger partial charge in [0.25, 0.3) is 0 Å². The number of ether oxygens (including phenoxy) is 1. The molecule has 0 radical (unpaired) electrons. The van der Waals surface area contributed by atoms with Crippen molar-refractivity contribution in [2.75, 3.05) is 6.61 Å². The SMILES string of the molecule is CC(C)OCCc1cccc(C(C)(C)O)n1. The van der Waals surface area contributed by atoms with Crippen molar-refractivity contribution in [1.82, 2.24) is 4.98 Å². The number of rotatable bonds is 5. The number of aromatic nitrogens is 1. The first-order valence-corrected chi connectivity index (χ1v) is 5.70. The van der Waals surface area contributed by atoms with Crippen LogP contribution in [0.2, 0.25) is 0 Å². The topological polar surface area (TPSA) is 42.4 Å². The normalized spacial score (nSPS) is 12.1. The molecule has 1 rings (SSSR count).